The number of carbonyl (C=O) groups excluding carboxylic acids is 1. The zero-order valence-electron chi connectivity index (χ0n) is 17.1. The number of ether oxygens (including phenoxy) is 1. The Morgan fingerprint density at radius 2 is 1.67 bits per heavy atom. The van der Waals surface area contributed by atoms with E-state index in [4.69, 9.17) is 4.74 Å². The maximum atomic E-state index is 12.9. The number of methoxy groups -OCH3 is 1. The van der Waals surface area contributed by atoms with Crippen molar-refractivity contribution in [2.24, 2.45) is 0 Å². The first-order valence-corrected chi connectivity index (χ1v) is 10.3. The number of para-hydroxylation sites is 2. The van der Waals surface area contributed by atoms with E-state index in [1.165, 1.54) is 5.56 Å². The molecular weight excluding hydrogens is 372 g/mol. The summed E-state index contributed by atoms with van der Waals surface area (Å²) in [6.45, 7) is 0.620. The van der Waals surface area contributed by atoms with Gasteiger partial charge >= 0.3 is 0 Å². The Balaban J connectivity index is 1.57. The fourth-order valence-electron chi connectivity index (χ4n) is 3.97. The van der Waals surface area contributed by atoms with Crippen LogP contribution in [0.3, 0.4) is 0 Å². The molecule has 0 aliphatic carbocycles. The van der Waals surface area contributed by atoms with Gasteiger partial charge in [0.2, 0.25) is 5.91 Å². The summed E-state index contributed by atoms with van der Waals surface area (Å²) in [5.74, 6) is 0.728. The molecule has 0 radical (unpaired) electrons. The molecule has 0 spiro atoms. The summed E-state index contributed by atoms with van der Waals surface area (Å²) in [5, 5.41) is 4.22. The molecule has 1 amide bonds. The van der Waals surface area contributed by atoms with Crippen LogP contribution < -0.4 is 10.1 Å². The van der Waals surface area contributed by atoms with Gasteiger partial charge in [-0.25, -0.2) is 0 Å². The molecule has 0 bridgehead atoms. The van der Waals surface area contributed by atoms with Crippen molar-refractivity contribution in [3.05, 3.63) is 102 Å². The van der Waals surface area contributed by atoms with Crippen molar-refractivity contribution >= 4 is 16.8 Å². The second-order valence-corrected chi connectivity index (χ2v) is 7.37. The van der Waals surface area contributed by atoms with Gasteiger partial charge in [0, 0.05) is 41.5 Å². The Bertz CT molecular complexity index is 1120. The highest BCUT2D eigenvalue weighted by atomic mass is 16.5. The molecule has 4 nitrogen and oxygen atoms in total. The van der Waals surface area contributed by atoms with Crippen LogP contribution in [0, 0.1) is 0 Å². The van der Waals surface area contributed by atoms with Crippen LogP contribution in [0.1, 0.15) is 29.0 Å². The molecule has 0 aliphatic heterocycles. The molecule has 4 heteroatoms. The first-order valence-electron chi connectivity index (χ1n) is 10.3. The standard InChI is InChI=1S/C26H26N2O2/c1-30-25-14-8-6-12-21(25)22(23-18-28-24-13-7-5-11-20(23)24)17-26(29)27-16-15-19-9-3-2-4-10-19/h2-14,18,22,28H,15-17H2,1H3,(H,27,29)/t22-/m1/s1. The molecule has 1 atom stereocenters. The molecule has 0 aliphatic rings. The first kappa shape index (κ1) is 19.8. The van der Waals surface area contributed by atoms with Crippen LogP contribution in [-0.4, -0.2) is 24.5 Å². The molecule has 30 heavy (non-hydrogen) atoms. The van der Waals surface area contributed by atoms with Crippen molar-refractivity contribution in [1.29, 1.82) is 0 Å². The molecule has 152 valence electrons. The van der Waals surface area contributed by atoms with Crippen LogP contribution in [-0.2, 0) is 11.2 Å². The second-order valence-electron chi connectivity index (χ2n) is 7.37. The van der Waals surface area contributed by atoms with Gasteiger partial charge in [-0.2, -0.15) is 0 Å². The predicted molar refractivity (Wildman–Crippen MR) is 121 cm³/mol. The monoisotopic (exact) mass is 398 g/mol. The Labute approximate surface area is 176 Å². The van der Waals surface area contributed by atoms with E-state index in [0.29, 0.717) is 13.0 Å². The molecule has 4 rings (SSSR count). The van der Waals surface area contributed by atoms with E-state index in [9.17, 15) is 4.79 Å². The third-order valence-corrected chi connectivity index (χ3v) is 5.48. The minimum Gasteiger partial charge on any atom is -0.496 e. The molecule has 3 aromatic carbocycles. The number of nitrogens with one attached hydrogen (secondary N) is 2. The van der Waals surface area contributed by atoms with Gasteiger partial charge in [-0.05, 0) is 29.7 Å². The Morgan fingerprint density at radius 3 is 2.50 bits per heavy atom. The van der Waals surface area contributed by atoms with E-state index in [1.807, 2.05) is 60.8 Å². The van der Waals surface area contributed by atoms with Crippen LogP contribution in [0.4, 0.5) is 0 Å². The topological polar surface area (TPSA) is 54.1 Å². The maximum Gasteiger partial charge on any atom is 0.220 e. The third-order valence-electron chi connectivity index (χ3n) is 5.48. The van der Waals surface area contributed by atoms with Gasteiger partial charge in [-0.15, -0.1) is 0 Å². The Hall–Kier alpha value is -3.53. The molecule has 2 N–H and O–H groups in total. The zero-order valence-corrected chi connectivity index (χ0v) is 17.1. The number of aromatic amines is 1. The summed E-state index contributed by atoms with van der Waals surface area (Å²) >= 11 is 0. The summed E-state index contributed by atoms with van der Waals surface area (Å²) in [4.78, 5) is 16.2. The van der Waals surface area contributed by atoms with Crippen LogP contribution in [0.2, 0.25) is 0 Å². The number of hydrogen-bond acceptors (Lipinski definition) is 2. The molecule has 4 aromatic rings. The lowest BCUT2D eigenvalue weighted by molar-refractivity contribution is -0.121. The smallest absolute Gasteiger partial charge is 0.220 e. The van der Waals surface area contributed by atoms with Crippen LogP contribution in [0.15, 0.2) is 85.1 Å². The van der Waals surface area contributed by atoms with Crippen molar-refractivity contribution in [2.75, 3.05) is 13.7 Å². The highest BCUT2D eigenvalue weighted by Crippen LogP contribution is 2.37. The molecule has 0 unspecified atom stereocenters. The van der Waals surface area contributed by atoms with Gasteiger partial charge in [-0.1, -0.05) is 66.7 Å². The lowest BCUT2D eigenvalue weighted by Gasteiger charge is -2.20. The number of amides is 1. The lowest BCUT2D eigenvalue weighted by atomic mass is 9.87. The minimum atomic E-state index is -0.103. The van der Waals surface area contributed by atoms with Crippen LogP contribution >= 0.6 is 0 Å². The molecule has 0 fully saturated rings. The zero-order chi connectivity index (χ0) is 20.8. The molecule has 0 saturated carbocycles. The average Bonchev–Trinajstić information content (AvgIpc) is 3.22. The summed E-state index contributed by atoms with van der Waals surface area (Å²) in [6.07, 6.45) is 3.19. The largest absolute Gasteiger partial charge is 0.496 e. The van der Waals surface area contributed by atoms with Gasteiger partial charge in [0.05, 0.1) is 7.11 Å². The SMILES string of the molecule is COc1ccccc1[C@@H](CC(=O)NCCc1ccccc1)c1c[nH]c2ccccc12. The second kappa shape index (κ2) is 9.31. The van der Waals surface area contributed by atoms with E-state index in [2.05, 4.69) is 34.6 Å². The summed E-state index contributed by atoms with van der Waals surface area (Å²) in [6, 6.07) is 26.3. The fourth-order valence-corrected chi connectivity index (χ4v) is 3.97. The van der Waals surface area contributed by atoms with Gasteiger partial charge in [0.25, 0.3) is 0 Å². The number of fused-ring (bicyclic) bond motifs is 1. The molecule has 0 saturated heterocycles. The van der Waals surface area contributed by atoms with Crippen molar-refractivity contribution in [3.63, 3.8) is 0 Å². The highest BCUT2D eigenvalue weighted by Gasteiger charge is 2.24. The summed E-state index contributed by atoms with van der Waals surface area (Å²) in [7, 11) is 1.67. The van der Waals surface area contributed by atoms with Crippen molar-refractivity contribution < 1.29 is 9.53 Å². The minimum absolute atomic E-state index is 0.0344. The van der Waals surface area contributed by atoms with Crippen LogP contribution in [0.25, 0.3) is 10.9 Å². The number of H-pyrrole nitrogens is 1. The number of benzene rings is 3. The molecule has 1 aromatic heterocycles. The average molecular weight is 399 g/mol. The predicted octanol–water partition coefficient (Wildman–Crippen LogP) is 5.06. The van der Waals surface area contributed by atoms with Crippen molar-refractivity contribution in [1.82, 2.24) is 10.3 Å². The van der Waals surface area contributed by atoms with Gasteiger partial charge in [0.15, 0.2) is 0 Å². The number of aromatic nitrogens is 1. The lowest BCUT2D eigenvalue weighted by Crippen LogP contribution is -2.27. The Morgan fingerprint density at radius 1 is 0.933 bits per heavy atom. The Kier molecular flexibility index (Phi) is 6.14. The quantitative estimate of drug-likeness (QED) is 0.436. The fraction of sp³-hybridized carbons (Fsp3) is 0.192. The third kappa shape index (κ3) is 4.38. The van der Waals surface area contributed by atoms with Crippen molar-refractivity contribution in [2.45, 2.75) is 18.8 Å². The van der Waals surface area contributed by atoms with Crippen molar-refractivity contribution in [3.8, 4) is 5.75 Å². The number of rotatable bonds is 8. The van der Waals surface area contributed by atoms with Gasteiger partial charge in [-0.3, -0.25) is 4.79 Å². The van der Waals surface area contributed by atoms with E-state index in [1.54, 1.807) is 7.11 Å². The summed E-state index contributed by atoms with van der Waals surface area (Å²) < 4.78 is 5.62. The molecular formula is C26H26N2O2. The maximum absolute atomic E-state index is 12.9. The summed E-state index contributed by atoms with van der Waals surface area (Å²) in [5.41, 5.74) is 4.41. The van der Waals surface area contributed by atoms with E-state index in [-0.39, 0.29) is 11.8 Å². The normalized spacial score (nSPS) is 11.9. The van der Waals surface area contributed by atoms with Gasteiger partial charge in [0.1, 0.15) is 5.75 Å². The van der Waals surface area contributed by atoms with E-state index < -0.39 is 0 Å². The van der Waals surface area contributed by atoms with E-state index >= 15 is 0 Å². The number of hydrogen-bond donors (Lipinski definition) is 2. The first-order chi connectivity index (χ1) is 14.8. The van der Waals surface area contributed by atoms with Gasteiger partial charge < -0.3 is 15.0 Å². The highest BCUT2D eigenvalue weighted by molar-refractivity contribution is 5.86. The number of carbonyl (C=O) groups is 1. The van der Waals surface area contributed by atoms with Crippen LogP contribution in [0.5, 0.6) is 5.75 Å². The molecule has 1 heterocycles. The van der Waals surface area contributed by atoms with E-state index in [0.717, 1.165) is 34.2 Å².